The number of amides is 1. The Morgan fingerprint density at radius 2 is 1.75 bits per heavy atom. The van der Waals surface area contributed by atoms with Crippen LogP contribution < -0.4 is 14.8 Å². The van der Waals surface area contributed by atoms with Crippen molar-refractivity contribution in [3.8, 4) is 11.5 Å². The van der Waals surface area contributed by atoms with Gasteiger partial charge in [-0.2, -0.15) is 0 Å². The molecule has 1 amide bonds. The first-order chi connectivity index (χ1) is 11.6. The van der Waals surface area contributed by atoms with Crippen molar-refractivity contribution in [1.82, 2.24) is 5.32 Å². The summed E-state index contributed by atoms with van der Waals surface area (Å²) < 4.78 is 11.3. The number of carbonyl (C=O) groups is 1. The van der Waals surface area contributed by atoms with Gasteiger partial charge >= 0.3 is 0 Å². The van der Waals surface area contributed by atoms with Crippen LogP contribution in [0.3, 0.4) is 0 Å². The van der Waals surface area contributed by atoms with Gasteiger partial charge in [0, 0.05) is 17.5 Å². The minimum atomic E-state index is -0.307. The fourth-order valence-corrected chi connectivity index (χ4v) is 3.07. The molecule has 0 unspecified atom stereocenters. The third-order valence-corrected chi connectivity index (χ3v) is 4.46. The minimum Gasteiger partial charge on any atom is -0.490 e. The molecule has 0 radical (unpaired) electrons. The maximum absolute atomic E-state index is 12.4. The monoisotopic (exact) mass is 365 g/mol. The van der Waals surface area contributed by atoms with E-state index < -0.39 is 0 Å². The van der Waals surface area contributed by atoms with Gasteiger partial charge in [0.25, 0.3) is 5.91 Å². The van der Waals surface area contributed by atoms with E-state index in [9.17, 15) is 4.79 Å². The largest absolute Gasteiger partial charge is 0.490 e. The van der Waals surface area contributed by atoms with E-state index >= 15 is 0 Å². The van der Waals surface area contributed by atoms with Crippen LogP contribution in [0.25, 0.3) is 0 Å². The van der Waals surface area contributed by atoms with Gasteiger partial charge in [-0.05, 0) is 30.7 Å². The lowest BCUT2D eigenvalue weighted by atomic mass is 10.1. The lowest BCUT2D eigenvalue weighted by Crippen LogP contribution is -2.27. The van der Waals surface area contributed by atoms with E-state index in [0.29, 0.717) is 40.3 Å². The van der Waals surface area contributed by atoms with Crippen molar-refractivity contribution in [2.45, 2.75) is 19.4 Å². The Bertz CT molecular complexity index is 764. The number of halogens is 2. The smallest absolute Gasteiger partial charge is 0.253 e. The van der Waals surface area contributed by atoms with Crippen LogP contribution in [-0.2, 0) is 0 Å². The number of ether oxygens (including phenoxy) is 2. The van der Waals surface area contributed by atoms with Crippen molar-refractivity contribution in [2.24, 2.45) is 0 Å². The van der Waals surface area contributed by atoms with Crippen LogP contribution >= 0.6 is 23.2 Å². The Morgan fingerprint density at radius 1 is 1.08 bits per heavy atom. The van der Waals surface area contributed by atoms with Gasteiger partial charge in [0.05, 0.1) is 29.8 Å². The molecule has 6 heteroatoms. The molecular weight excluding hydrogens is 349 g/mol. The lowest BCUT2D eigenvalue weighted by molar-refractivity contribution is 0.0940. The Hall–Kier alpha value is -1.91. The molecule has 2 aromatic carbocycles. The molecule has 4 nitrogen and oxygen atoms in total. The van der Waals surface area contributed by atoms with Gasteiger partial charge in [-0.3, -0.25) is 4.79 Å². The van der Waals surface area contributed by atoms with Crippen molar-refractivity contribution in [2.75, 3.05) is 13.2 Å². The zero-order valence-corrected chi connectivity index (χ0v) is 14.7. The number of carbonyl (C=O) groups excluding carboxylic acids is 1. The summed E-state index contributed by atoms with van der Waals surface area (Å²) in [6, 6.07) is 10.2. The van der Waals surface area contributed by atoms with E-state index in [1.165, 1.54) is 0 Å². The molecule has 126 valence electrons. The molecule has 24 heavy (non-hydrogen) atoms. The highest BCUT2D eigenvalue weighted by atomic mass is 35.5. The molecule has 0 bridgehead atoms. The van der Waals surface area contributed by atoms with Crippen molar-refractivity contribution in [1.29, 1.82) is 0 Å². The number of hydrogen-bond acceptors (Lipinski definition) is 3. The normalized spacial score (nSPS) is 14.6. The minimum absolute atomic E-state index is 0.253. The molecule has 1 N–H and O–H groups in total. The van der Waals surface area contributed by atoms with Gasteiger partial charge in [-0.25, -0.2) is 0 Å². The molecule has 1 aliphatic rings. The summed E-state index contributed by atoms with van der Waals surface area (Å²) >= 11 is 12.4. The average Bonchev–Trinajstić information content (AvgIpc) is 2.79. The van der Waals surface area contributed by atoms with Gasteiger partial charge in [0.15, 0.2) is 11.5 Å². The average molecular weight is 366 g/mol. The van der Waals surface area contributed by atoms with Gasteiger partial charge in [0.1, 0.15) is 0 Å². The fraction of sp³-hybridized carbons (Fsp3) is 0.278. The zero-order valence-electron chi connectivity index (χ0n) is 13.1. The van der Waals surface area contributed by atoms with E-state index in [4.69, 9.17) is 32.7 Å². The van der Waals surface area contributed by atoms with Crippen molar-refractivity contribution in [3.05, 3.63) is 57.6 Å². The van der Waals surface area contributed by atoms with Crippen molar-refractivity contribution < 1.29 is 14.3 Å². The van der Waals surface area contributed by atoms with Gasteiger partial charge < -0.3 is 14.8 Å². The Morgan fingerprint density at radius 3 is 2.46 bits per heavy atom. The molecule has 0 saturated heterocycles. The summed E-state index contributed by atoms with van der Waals surface area (Å²) in [4.78, 5) is 12.4. The van der Waals surface area contributed by atoms with Crippen LogP contribution in [0.1, 0.15) is 35.3 Å². The number of rotatable bonds is 3. The second-order valence-corrected chi connectivity index (χ2v) is 6.36. The highest BCUT2D eigenvalue weighted by Gasteiger charge is 2.20. The summed E-state index contributed by atoms with van der Waals surface area (Å²) in [5.41, 5.74) is 1.19. The highest BCUT2D eigenvalue weighted by molar-refractivity contribution is 6.34. The van der Waals surface area contributed by atoms with Gasteiger partial charge in [0.2, 0.25) is 0 Å². The molecule has 0 aliphatic carbocycles. The third kappa shape index (κ3) is 3.60. The molecule has 1 atom stereocenters. The molecule has 1 aliphatic heterocycles. The topological polar surface area (TPSA) is 47.6 Å². The van der Waals surface area contributed by atoms with Crippen LogP contribution in [0, 0.1) is 0 Å². The van der Waals surface area contributed by atoms with Crippen LogP contribution in [0.15, 0.2) is 36.4 Å². The first-order valence-electron chi connectivity index (χ1n) is 7.70. The van der Waals surface area contributed by atoms with Gasteiger partial charge in [-0.1, -0.05) is 35.3 Å². The lowest BCUT2D eigenvalue weighted by Gasteiger charge is -2.18. The Labute approximate surface area is 150 Å². The number of fused-ring (bicyclic) bond motifs is 1. The molecule has 0 saturated carbocycles. The highest BCUT2D eigenvalue weighted by Crippen LogP contribution is 2.37. The summed E-state index contributed by atoms with van der Waals surface area (Å²) in [5.74, 6) is 1.02. The van der Waals surface area contributed by atoms with Crippen molar-refractivity contribution in [3.63, 3.8) is 0 Å². The SMILES string of the molecule is C[C@H](NC(=O)c1ccccc1Cl)c1cc2c(cc1Cl)OCCCO2. The predicted octanol–water partition coefficient (Wildman–Crippen LogP) is 4.65. The maximum Gasteiger partial charge on any atom is 0.253 e. The quantitative estimate of drug-likeness (QED) is 0.861. The maximum atomic E-state index is 12.4. The molecule has 1 heterocycles. The van der Waals surface area contributed by atoms with E-state index in [1.54, 1.807) is 30.3 Å². The van der Waals surface area contributed by atoms with E-state index in [0.717, 1.165) is 12.0 Å². The van der Waals surface area contributed by atoms with Crippen LogP contribution in [0.4, 0.5) is 0 Å². The number of benzene rings is 2. The van der Waals surface area contributed by atoms with Crippen LogP contribution in [0.5, 0.6) is 11.5 Å². The number of nitrogens with one attached hydrogen (secondary N) is 1. The first-order valence-corrected chi connectivity index (χ1v) is 8.46. The van der Waals surface area contributed by atoms with E-state index in [1.807, 2.05) is 13.0 Å². The summed E-state index contributed by atoms with van der Waals surface area (Å²) in [7, 11) is 0. The second kappa shape index (κ2) is 7.32. The first kappa shape index (κ1) is 16.9. The van der Waals surface area contributed by atoms with Crippen molar-refractivity contribution >= 4 is 29.1 Å². The fourth-order valence-electron chi connectivity index (χ4n) is 2.53. The standard InChI is InChI=1S/C18H17Cl2NO3/c1-11(21-18(22)12-5-2-3-6-14(12)19)13-9-16-17(10-15(13)20)24-8-4-7-23-16/h2-3,5-6,9-11H,4,7-8H2,1H3,(H,21,22)/t11-/m0/s1. The molecule has 0 fully saturated rings. The number of hydrogen-bond donors (Lipinski definition) is 1. The molecule has 0 spiro atoms. The van der Waals surface area contributed by atoms with Crippen LogP contribution in [-0.4, -0.2) is 19.1 Å². The summed E-state index contributed by atoms with van der Waals surface area (Å²) in [5, 5.41) is 3.84. The van der Waals surface area contributed by atoms with Crippen LogP contribution in [0.2, 0.25) is 10.0 Å². The molecule has 2 aromatic rings. The molecular formula is C18H17Cl2NO3. The molecule has 3 rings (SSSR count). The molecule has 0 aromatic heterocycles. The Kier molecular flexibility index (Phi) is 5.17. The van der Waals surface area contributed by atoms with Gasteiger partial charge in [-0.15, -0.1) is 0 Å². The Balaban J connectivity index is 1.82. The van der Waals surface area contributed by atoms with E-state index in [2.05, 4.69) is 5.32 Å². The summed E-state index contributed by atoms with van der Waals surface area (Å²) in [6.07, 6.45) is 0.820. The predicted molar refractivity (Wildman–Crippen MR) is 94.4 cm³/mol. The van der Waals surface area contributed by atoms with E-state index in [-0.39, 0.29) is 11.9 Å². The third-order valence-electron chi connectivity index (χ3n) is 3.80. The summed E-state index contributed by atoms with van der Waals surface area (Å²) in [6.45, 7) is 3.05. The zero-order chi connectivity index (χ0) is 17.1. The second-order valence-electron chi connectivity index (χ2n) is 5.55.